The molecule has 40 heavy (non-hydrogen) atoms. The first-order valence-corrected chi connectivity index (χ1v) is 13.2. The van der Waals surface area contributed by atoms with Crippen LogP contribution in [0.5, 0.6) is 0 Å². The zero-order valence-electron chi connectivity index (χ0n) is 22.3. The average molecular weight is 539 g/mol. The van der Waals surface area contributed by atoms with E-state index in [4.69, 9.17) is 15.1 Å². The molecule has 1 aliphatic rings. The molecule has 3 aromatic carbocycles. The van der Waals surface area contributed by atoms with Crippen molar-refractivity contribution < 1.29 is 13.6 Å². The van der Waals surface area contributed by atoms with Crippen LogP contribution in [0.1, 0.15) is 33.0 Å². The van der Waals surface area contributed by atoms with Crippen molar-refractivity contribution in [1.82, 2.24) is 24.6 Å². The maximum absolute atomic E-state index is 13.7. The number of carbonyl (C=O) groups is 1. The lowest BCUT2D eigenvalue weighted by Gasteiger charge is -2.35. The number of aryl methyl sites for hydroxylation is 2. The number of amides is 1. The number of anilines is 1. The first-order chi connectivity index (χ1) is 19.4. The van der Waals surface area contributed by atoms with Gasteiger partial charge in [-0.15, -0.1) is 0 Å². The first kappa shape index (κ1) is 25.6. The minimum absolute atomic E-state index is 0.118. The quantitative estimate of drug-likeness (QED) is 0.305. The number of piperazine rings is 1. The normalized spacial score (nSPS) is 13.7. The lowest BCUT2D eigenvalue weighted by Crippen LogP contribution is -2.49. The van der Waals surface area contributed by atoms with Crippen molar-refractivity contribution in [2.75, 3.05) is 31.1 Å². The fourth-order valence-electron chi connectivity index (χ4n) is 5.06. The minimum Gasteiger partial charge on any atom is -0.352 e. The molecule has 0 saturated carbocycles. The molecule has 1 amide bonds. The molecule has 0 aliphatic carbocycles. The van der Waals surface area contributed by atoms with Gasteiger partial charge in [-0.2, -0.15) is 5.10 Å². The van der Waals surface area contributed by atoms with Crippen LogP contribution < -0.4 is 4.90 Å². The van der Waals surface area contributed by atoms with E-state index in [2.05, 4.69) is 36.1 Å². The summed E-state index contributed by atoms with van der Waals surface area (Å²) in [6, 6.07) is 20.1. The Labute approximate surface area is 230 Å². The lowest BCUT2D eigenvalue weighted by atomic mass is 10.1. The Morgan fingerprint density at radius 3 is 2.08 bits per heavy atom. The molecule has 3 heterocycles. The highest BCUT2D eigenvalue weighted by Gasteiger charge is 2.27. The maximum Gasteiger partial charge on any atom is 0.253 e. The maximum atomic E-state index is 13.7. The van der Waals surface area contributed by atoms with Crippen LogP contribution in [0.3, 0.4) is 0 Å². The van der Waals surface area contributed by atoms with E-state index in [0.717, 1.165) is 22.5 Å². The summed E-state index contributed by atoms with van der Waals surface area (Å²) in [5, 5.41) is 5.59. The van der Waals surface area contributed by atoms with Crippen LogP contribution in [0.15, 0.2) is 72.8 Å². The molecule has 1 fully saturated rings. The van der Waals surface area contributed by atoms with Gasteiger partial charge in [0.15, 0.2) is 5.65 Å². The summed E-state index contributed by atoms with van der Waals surface area (Å²) < 4.78 is 28.7. The Kier molecular flexibility index (Phi) is 6.71. The molecule has 0 radical (unpaired) electrons. The Balaban J connectivity index is 1.36. The van der Waals surface area contributed by atoms with Crippen LogP contribution in [-0.2, 0) is 6.42 Å². The number of halogens is 2. The number of nitrogens with zero attached hydrogens (tertiary/aromatic N) is 6. The summed E-state index contributed by atoms with van der Waals surface area (Å²) in [7, 11) is 0. The van der Waals surface area contributed by atoms with Gasteiger partial charge in [-0.1, -0.05) is 29.8 Å². The highest BCUT2D eigenvalue weighted by Crippen LogP contribution is 2.30. The molecule has 1 saturated heterocycles. The molecule has 7 nitrogen and oxygen atoms in total. The molecule has 5 aromatic rings. The van der Waals surface area contributed by atoms with Crippen LogP contribution in [0.4, 0.5) is 14.6 Å². The van der Waals surface area contributed by atoms with Gasteiger partial charge in [-0.3, -0.25) is 4.79 Å². The van der Waals surface area contributed by atoms with Gasteiger partial charge >= 0.3 is 0 Å². The van der Waals surface area contributed by atoms with Gasteiger partial charge in [0.1, 0.15) is 23.3 Å². The van der Waals surface area contributed by atoms with Crippen molar-refractivity contribution >= 4 is 22.8 Å². The molecule has 9 heteroatoms. The van der Waals surface area contributed by atoms with Crippen LogP contribution in [0.2, 0.25) is 0 Å². The average Bonchev–Trinajstić information content (AvgIpc) is 3.30. The molecular formula is C31H28F2N6O. The van der Waals surface area contributed by atoms with Crippen LogP contribution in [0.25, 0.3) is 16.7 Å². The van der Waals surface area contributed by atoms with Crippen molar-refractivity contribution in [3.63, 3.8) is 0 Å². The Bertz CT molecular complexity index is 1670. The molecule has 0 atom stereocenters. The van der Waals surface area contributed by atoms with E-state index in [1.807, 2.05) is 6.92 Å². The van der Waals surface area contributed by atoms with E-state index in [1.54, 1.807) is 21.7 Å². The SMILES string of the molecule is Cc1ccc(Cc2nc(N3CCN(C(=O)c4ccc(F)cc4)CC3)c3c(C)nn(-c4ccc(F)cc4)c3n2)cc1. The second-order valence-corrected chi connectivity index (χ2v) is 10.1. The standard InChI is InChI=1S/C31H28F2N6O/c1-20-3-5-22(6-4-20)19-27-34-29(28-21(2)36-39(30(28)35-27)26-13-11-25(33)12-14-26)37-15-17-38(18-16-37)31(40)23-7-9-24(32)10-8-23/h3-14H,15-19H2,1-2H3. The number of rotatable bonds is 5. The van der Waals surface area contributed by atoms with Crippen LogP contribution in [0, 0.1) is 25.5 Å². The second-order valence-electron chi connectivity index (χ2n) is 10.1. The van der Waals surface area contributed by atoms with Crippen LogP contribution in [-0.4, -0.2) is 56.7 Å². The molecular weight excluding hydrogens is 510 g/mol. The number of hydrogen-bond acceptors (Lipinski definition) is 5. The van der Waals surface area contributed by atoms with Gasteiger partial charge in [0, 0.05) is 38.2 Å². The van der Waals surface area contributed by atoms with E-state index < -0.39 is 0 Å². The summed E-state index contributed by atoms with van der Waals surface area (Å²) in [6.45, 7) is 6.12. The Morgan fingerprint density at radius 1 is 0.800 bits per heavy atom. The van der Waals surface area contributed by atoms with E-state index in [0.29, 0.717) is 55.3 Å². The third-order valence-corrected chi connectivity index (χ3v) is 7.24. The predicted molar refractivity (Wildman–Crippen MR) is 150 cm³/mol. The van der Waals surface area contributed by atoms with Crippen molar-refractivity contribution in [3.05, 3.63) is 113 Å². The molecule has 0 spiro atoms. The number of carbonyl (C=O) groups excluding carboxylic acids is 1. The molecule has 0 bridgehead atoms. The summed E-state index contributed by atoms with van der Waals surface area (Å²) in [4.78, 5) is 26.9. The van der Waals surface area contributed by atoms with Gasteiger partial charge in [-0.05, 0) is 67.9 Å². The summed E-state index contributed by atoms with van der Waals surface area (Å²) >= 11 is 0. The highest BCUT2D eigenvalue weighted by molar-refractivity contribution is 5.95. The summed E-state index contributed by atoms with van der Waals surface area (Å²) in [5.74, 6) is 0.617. The first-order valence-electron chi connectivity index (χ1n) is 13.2. The zero-order chi connectivity index (χ0) is 27.8. The number of fused-ring (bicyclic) bond motifs is 1. The van der Waals surface area contributed by atoms with Gasteiger partial charge in [0.25, 0.3) is 5.91 Å². The number of aromatic nitrogens is 4. The monoisotopic (exact) mass is 538 g/mol. The topological polar surface area (TPSA) is 67.2 Å². The molecule has 0 N–H and O–H groups in total. The lowest BCUT2D eigenvalue weighted by molar-refractivity contribution is 0.0746. The van der Waals surface area contributed by atoms with Crippen molar-refractivity contribution in [2.24, 2.45) is 0 Å². The predicted octanol–water partition coefficient (Wildman–Crippen LogP) is 5.26. The van der Waals surface area contributed by atoms with Crippen molar-refractivity contribution in [1.29, 1.82) is 0 Å². The van der Waals surface area contributed by atoms with E-state index >= 15 is 0 Å². The van der Waals surface area contributed by atoms with Crippen molar-refractivity contribution in [2.45, 2.75) is 20.3 Å². The Morgan fingerprint density at radius 2 is 1.43 bits per heavy atom. The third kappa shape index (κ3) is 5.02. The molecule has 0 unspecified atom stereocenters. The largest absolute Gasteiger partial charge is 0.352 e. The van der Waals surface area contributed by atoms with E-state index in [9.17, 15) is 13.6 Å². The van der Waals surface area contributed by atoms with Gasteiger partial charge in [-0.25, -0.2) is 23.4 Å². The van der Waals surface area contributed by atoms with Gasteiger partial charge < -0.3 is 9.80 Å². The molecule has 6 rings (SSSR count). The third-order valence-electron chi connectivity index (χ3n) is 7.24. The molecule has 1 aliphatic heterocycles. The van der Waals surface area contributed by atoms with Gasteiger partial charge in [0.05, 0.1) is 16.8 Å². The fourth-order valence-corrected chi connectivity index (χ4v) is 5.06. The van der Waals surface area contributed by atoms with Crippen molar-refractivity contribution in [3.8, 4) is 5.69 Å². The van der Waals surface area contributed by atoms with Gasteiger partial charge in [0.2, 0.25) is 0 Å². The summed E-state index contributed by atoms with van der Waals surface area (Å²) in [5.41, 5.74) is 4.87. The fraction of sp³-hybridized carbons (Fsp3) is 0.226. The smallest absolute Gasteiger partial charge is 0.253 e. The molecule has 2 aromatic heterocycles. The molecule has 202 valence electrons. The minimum atomic E-state index is -0.368. The zero-order valence-corrected chi connectivity index (χ0v) is 22.3. The van der Waals surface area contributed by atoms with Crippen LogP contribution >= 0.6 is 0 Å². The van der Waals surface area contributed by atoms with E-state index in [-0.39, 0.29) is 17.5 Å². The summed E-state index contributed by atoms with van der Waals surface area (Å²) in [6.07, 6.45) is 0.542. The Hall–Kier alpha value is -4.66. The number of benzene rings is 3. The number of hydrogen-bond donors (Lipinski definition) is 0. The second kappa shape index (κ2) is 10.5. The highest BCUT2D eigenvalue weighted by atomic mass is 19.1. The van der Waals surface area contributed by atoms with E-state index in [1.165, 1.54) is 42.0 Å².